The highest BCUT2D eigenvalue weighted by molar-refractivity contribution is 6.00. The van der Waals surface area contributed by atoms with Gasteiger partial charge in [-0.1, -0.05) is 50.1 Å². The van der Waals surface area contributed by atoms with E-state index >= 15 is 0 Å². The molecule has 1 amide bonds. The second kappa shape index (κ2) is 22.7. The number of anilines is 1. The molecule has 0 spiro atoms. The quantitative estimate of drug-likeness (QED) is 0.0995. The van der Waals surface area contributed by atoms with Gasteiger partial charge in [0.2, 0.25) is 5.91 Å². The molecule has 4 rings (SSSR count). The van der Waals surface area contributed by atoms with Crippen LogP contribution in [0, 0.1) is 24.0 Å². The number of unbranched alkanes of at least 4 members (excludes halogenated alkanes) is 1. The van der Waals surface area contributed by atoms with Gasteiger partial charge in [-0.05, 0) is 90.6 Å². The van der Waals surface area contributed by atoms with Gasteiger partial charge in [0.05, 0.1) is 40.7 Å². The largest absolute Gasteiger partial charge is 0.460 e. The van der Waals surface area contributed by atoms with Gasteiger partial charge in [-0.2, -0.15) is 0 Å². The van der Waals surface area contributed by atoms with E-state index in [0.29, 0.717) is 17.0 Å². The van der Waals surface area contributed by atoms with E-state index < -0.39 is 22.8 Å². The number of hydrogen-bond donors (Lipinski definition) is 2. The molecule has 53 heavy (non-hydrogen) atoms. The number of benzene rings is 2. The van der Waals surface area contributed by atoms with Crippen LogP contribution in [0.2, 0.25) is 0 Å². The molecule has 1 saturated heterocycles. The number of methoxy groups -OCH3 is 1. The topological polar surface area (TPSA) is 181 Å². The fraction of sp³-hybridized carbons (Fsp3) is 0.513. The number of rotatable bonds is 13. The van der Waals surface area contributed by atoms with E-state index in [0.717, 1.165) is 42.7 Å². The van der Waals surface area contributed by atoms with Crippen molar-refractivity contribution in [2.24, 2.45) is 0 Å². The average molecular weight is 761 g/mol. The number of likely N-dealkylation sites (tertiary alicyclic amines) is 1. The van der Waals surface area contributed by atoms with Gasteiger partial charge in [-0.3, -0.25) is 19.8 Å². The summed E-state index contributed by atoms with van der Waals surface area (Å²) >= 11 is 0. The van der Waals surface area contributed by atoms with Crippen molar-refractivity contribution < 1.29 is 39.0 Å². The lowest BCUT2D eigenvalue weighted by Gasteiger charge is -2.34. The Balaban J connectivity index is 0.000000539. The molecule has 2 atom stereocenters. The number of allylic oxidation sites excluding steroid dienone is 2. The van der Waals surface area contributed by atoms with Gasteiger partial charge < -0.3 is 30.3 Å². The lowest BCUT2D eigenvalue weighted by molar-refractivity contribution is -0.384. The summed E-state index contributed by atoms with van der Waals surface area (Å²) in [6.45, 7) is 15.5. The van der Waals surface area contributed by atoms with Crippen molar-refractivity contribution in [2.75, 3.05) is 38.7 Å². The van der Waals surface area contributed by atoms with E-state index in [4.69, 9.17) is 14.2 Å². The van der Waals surface area contributed by atoms with Crippen LogP contribution in [0.5, 0.6) is 0 Å². The molecule has 13 nitrogen and oxygen atoms in total. The zero-order chi connectivity index (χ0) is 37.7. The number of hydrogen-bond acceptors (Lipinski definition) is 10. The van der Waals surface area contributed by atoms with Crippen molar-refractivity contribution in [3.8, 4) is 0 Å². The summed E-state index contributed by atoms with van der Waals surface area (Å²) in [5.74, 6) is -1.97. The fourth-order valence-electron chi connectivity index (χ4n) is 6.39. The molecule has 14 heteroatoms. The smallest absolute Gasteiger partial charge is 0.337 e. The third-order valence-electron chi connectivity index (χ3n) is 8.92. The second-order valence-corrected chi connectivity index (χ2v) is 13.2. The molecule has 294 valence electrons. The van der Waals surface area contributed by atoms with E-state index in [-0.39, 0.29) is 66.0 Å². The summed E-state index contributed by atoms with van der Waals surface area (Å²) in [6, 6.07) is 12.0. The van der Waals surface area contributed by atoms with Crippen LogP contribution in [0.15, 0.2) is 65.0 Å². The molecule has 0 aliphatic carbocycles. The summed E-state index contributed by atoms with van der Waals surface area (Å²) in [5.41, 5.74) is 4.92. The van der Waals surface area contributed by atoms with Gasteiger partial charge >= 0.3 is 11.9 Å². The maximum absolute atomic E-state index is 12.9. The molecule has 2 aromatic carbocycles. The number of esters is 2. The highest BCUT2D eigenvalue weighted by Crippen LogP contribution is 2.40. The summed E-state index contributed by atoms with van der Waals surface area (Å²) in [5, 5.41) is 17.5. The molecular formula is C39H57ClN4O9. The van der Waals surface area contributed by atoms with Crippen LogP contribution in [-0.4, -0.2) is 78.7 Å². The van der Waals surface area contributed by atoms with Crippen molar-refractivity contribution >= 4 is 41.6 Å². The number of nitro benzene ring substituents is 1. The predicted molar refractivity (Wildman–Crippen MR) is 208 cm³/mol. The first-order valence-corrected chi connectivity index (χ1v) is 17.7. The monoisotopic (exact) mass is 760 g/mol. The molecule has 2 heterocycles. The van der Waals surface area contributed by atoms with Gasteiger partial charge in [-0.25, -0.2) is 9.59 Å². The second-order valence-electron chi connectivity index (χ2n) is 13.2. The number of carbonyl (C=O) groups is 3. The molecule has 2 aliphatic rings. The lowest BCUT2D eigenvalue weighted by Crippen LogP contribution is -2.47. The molecule has 2 aromatic rings. The van der Waals surface area contributed by atoms with Gasteiger partial charge in [0.1, 0.15) is 6.61 Å². The van der Waals surface area contributed by atoms with Crippen LogP contribution in [-0.2, 0) is 28.6 Å². The summed E-state index contributed by atoms with van der Waals surface area (Å²) in [6.07, 6.45) is 5.34. The maximum Gasteiger partial charge on any atom is 0.337 e. The van der Waals surface area contributed by atoms with E-state index in [1.54, 1.807) is 33.8 Å². The van der Waals surface area contributed by atoms with Crippen molar-refractivity contribution in [3.63, 3.8) is 0 Å². The van der Waals surface area contributed by atoms with Gasteiger partial charge in [0.15, 0.2) is 0 Å². The van der Waals surface area contributed by atoms with E-state index in [1.807, 2.05) is 6.07 Å². The SMILES string of the molecule is CCCCN1CCCCC1C(=O)Nc1c(C)cccc1C.COCCOC(=O)C1=C(C)NC(C)=C(C(=O)OC(C)C)C1c1cccc([N+](=O)[O-])c1.Cl.O. The van der Waals surface area contributed by atoms with Crippen LogP contribution in [0.4, 0.5) is 11.4 Å². The number of non-ortho nitro benzene ring substituents is 1. The van der Waals surface area contributed by atoms with Crippen molar-refractivity contribution in [1.29, 1.82) is 0 Å². The summed E-state index contributed by atoms with van der Waals surface area (Å²) in [7, 11) is 1.48. The zero-order valence-corrected chi connectivity index (χ0v) is 33.0. The molecule has 0 aromatic heterocycles. The van der Waals surface area contributed by atoms with Crippen LogP contribution in [0.1, 0.15) is 89.3 Å². The lowest BCUT2D eigenvalue weighted by atomic mass is 9.80. The number of nitro groups is 1. The van der Waals surface area contributed by atoms with E-state index in [2.05, 4.69) is 48.4 Å². The number of aryl methyl sites for hydroxylation is 2. The van der Waals surface area contributed by atoms with Crippen LogP contribution in [0.25, 0.3) is 0 Å². The maximum atomic E-state index is 12.9. The number of ether oxygens (including phenoxy) is 3. The Kier molecular flexibility index (Phi) is 20.0. The van der Waals surface area contributed by atoms with Crippen molar-refractivity contribution in [1.82, 2.24) is 10.2 Å². The van der Waals surface area contributed by atoms with Crippen molar-refractivity contribution in [3.05, 3.63) is 91.8 Å². The molecule has 0 bridgehead atoms. The number of nitrogens with zero attached hydrogens (tertiary/aromatic N) is 2. The first-order chi connectivity index (χ1) is 24.3. The number of carbonyl (C=O) groups excluding carboxylic acids is 3. The van der Waals surface area contributed by atoms with Gasteiger partial charge in [-0.15, -0.1) is 12.4 Å². The minimum Gasteiger partial charge on any atom is -0.460 e. The fourth-order valence-corrected chi connectivity index (χ4v) is 6.39. The first-order valence-electron chi connectivity index (χ1n) is 17.7. The molecule has 2 unspecified atom stereocenters. The minimum absolute atomic E-state index is 0. The number of nitrogens with one attached hydrogen (secondary N) is 2. The molecule has 1 fully saturated rings. The number of para-hydroxylation sites is 1. The number of halogens is 1. The Morgan fingerprint density at radius 3 is 2.19 bits per heavy atom. The third-order valence-corrected chi connectivity index (χ3v) is 8.92. The first kappa shape index (κ1) is 46.7. The third kappa shape index (κ3) is 13.0. The number of amides is 1. The zero-order valence-electron chi connectivity index (χ0n) is 32.2. The van der Waals surface area contributed by atoms with E-state index in [1.165, 1.54) is 44.6 Å². The van der Waals surface area contributed by atoms with Crippen LogP contribution in [0.3, 0.4) is 0 Å². The predicted octanol–water partition coefficient (Wildman–Crippen LogP) is 6.46. The number of dihydropyridines is 1. The summed E-state index contributed by atoms with van der Waals surface area (Å²) in [4.78, 5) is 51.6. The van der Waals surface area contributed by atoms with Crippen molar-refractivity contribution in [2.45, 2.75) is 98.6 Å². The Hall–Kier alpha value is -4.30. The van der Waals surface area contributed by atoms with Crippen LogP contribution >= 0.6 is 12.4 Å². The number of piperidine rings is 1. The minimum atomic E-state index is -0.882. The van der Waals surface area contributed by atoms with E-state index in [9.17, 15) is 24.5 Å². The Morgan fingerprint density at radius 2 is 1.60 bits per heavy atom. The van der Waals surface area contributed by atoms with Crippen LogP contribution < -0.4 is 10.6 Å². The Bertz CT molecular complexity index is 1610. The standard InChI is InChI=1S/C21H26N2O7.C18H28N2O.ClH.H2O/c1-12(2)30-21(25)18-14(4)22-13(3)17(20(24)29-10-9-28-5)19(18)15-7-6-8-16(11-15)23(26)27;1-4-5-12-20-13-7-6-11-16(20)18(21)19-17-14(2)9-8-10-15(17)3;;/h6-8,11-12,19,22H,9-10H2,1-5H3;8-10,16H,4-7,11-13H2,1-3H3,(H,19,21);1H;1H2. The molecule has 2 aliphatic heterocycles. The molecule has 0 radical (unpaired) electrons. The van der Waals surface area contributed by atoms with Gasteiger partial charge in [0, 0.05) is 36.3 Å². The molecule has 4 N–H and O–H groups in total. The molecule has 0 saturated carbocycles. The van der Waals surface area contributed by atoms with Gasteiger partial charge in [0.25, 0.3) is 5.69 Å². The highest BCUT2D eigenvalue weighted by atomic mass is 35.5. The highest BCUT2D eigenvalue weighted by Gasteiger charge is 2.39. The summed E-state index contributed by atoms with van der Waals surface area (Å²) < 4.78 is 15.6. The molecular weight excluding hydrogens is 704 g/mol. The Morgan fingerprint density at radius 1 is 0.981 bits per heavy atom. The Labute approximate surface area is 319 Å². The average Bonchev–Trinajstić information content (AvgIpc) is 3.08. The normalized spacial score (nSPS) is 17.0.